The van der Waals surface area contributed by atoms with Crippen molar-refractivity contribution >= 4 is 10.4 Å². The van der Waals surface area contributed by atoms with Crippen molar-refractivity contribution in [1.82, 2.24) is 0 Å². The second kappa shape index (κ2) is 7.20. The summed E-state index contributed by atoms with van der Waals surface area (Å²) in [5.41, 5.74) is 0.745. The standard InChI is InChI=1S/C9H12O6S.Na/c1-14-9-6-7(4-5-10)2-3-8(9)15-16(11,12)13;/h2-3,6,10H,4-5H2,1H3,(H,11,12,13);/q;+1/p-1. The van der Waals surface area contributed by atoms with Gasteiger partial charge >= 0.3 is 29.6 Å². The minimum Gasteiger partial charge on any atom is -0.716 e. The van der Waals surface area contributed by atoms with Gasteiger partial charge in [-0.2, -0.15) is 0 Å². The zero-order chi connectivity index (χ0) is 12.2. The van der Waals surface area contributed by atoms with Crippen molar-refractivity contribution in [3.8, 4) is 11.5 Å². The number of ether oxygens (including phenoxy) is 1. The first kappa shape index (κ1) is 16.7. The fraction of sp³-hybridized carbons (Fsp3) is 0.333. The molecule has 0 aromatic heterocycles. The Morgan fingerprint density at radius 2 is 2.00 bits per heavy atom. The molecule has 0 aliphatic rings. The zero-order valence-corrected chi connectivity index (χ0v) is 12.4. The molecule has 0 fully saturated rings. The Balaban J connectivity index is 0.00000256. The van der Waals surface area contributed by atoms with Crippen LogP contribution in [0.1, 0.15) is 5.56 Å². The first-order chi connectivity index (χ1) is 7.46. The van der Waals surface area contributed by atoms with Crippen molar-refractivity contribution in [2.75, 3.05) is 13.7 Å². The topological polar surface area (TPSA) is 95.9 Å². The molecule has 0 unspecified atom stereocenters. The molecule has 0 radical (unpaired) electrons. The summed E-state index contributed by atoms with van der Waals surface area (Å²) in [6.07, 6.45) is 0.404. The summed E-state index contributed by atoms with van der Waals surface area (Å²) in [7, 11) is -3.49. The third kappa shape index (κ3) is 5.71. The van der Waals surface area contributed by atoms with Gasteiger partial charge in [0.1, 0.15) is 0 Å². The van der Waals surface area contributed by atoms with E-state index in [1.165, 1.54) is 19.2 Å². The van der Waals surface area contributed by atoms with Crippen LogP contribution in [0.2, 0.25) is 0 Å². The molecule has 1 aromatic carbocycles. The number of aliphatic hydroxyl groups is 1. The van der Waals surface area contributed by atoms with Gasteiger partial charge in [0.15, 0.2) is 11.5 Å². The van der Waals surface area contributed by atoms with Gasteiger partial charge in [0.25, 0.3) is 10.4 Å². The van der Waals surface area contributed by atoms with Gasteiger partial charge in [0.05, 0.1) is 7.11 Å². The second-order valence-corrected chi connectivity index (χ2v) is 3.93. The molecule has 1 rings (SSSR count). The van der Waals surface area contributed by atoms with E-state index < -0.39 is 10.4 Å². The number of aliphatic hydroxyl groups excluding tert-OH is 1. The van der Waals surface area contributed by atoms with Crippen LogP contribution in [0.15, 0.2) is 18.2 Å². The molecule has 0 atom stereocenters. The molecule has 0 saturated heterocycles. The van der Waals surface area contributed by atoms with Crippen LogP contribution in [0.3, 0.4) is 0 Å². The largest absolute Gasteiger partial charge is 1.00 e. The van der Waals surface area contributed by atoms with Crippen molar-refractivity contribution < 1.29 is 56.6 Å². The van der Waals surface area contributed by atoms with E-state index in [1.54, 1.807) is 6.07 Å². The van der Waals surface area contributed by atoms with E-state index >= 15 is 0 Å². The van der Waals surface area contributed by atoms with E-state index in [4.69, 9.17) is 9.84 Å². The maximum absolute atomic E-state index is 10.4. The molecule has 0 saturated carbocycles. The van der Waals surface area contributed by atoms with Crippen LogP contribution in [-0.2, 0) is 16.8 Å². The molecule has 0 amide bonds. The molecule has 8 heteroatoms. The Kier molecular flexibility index (Phi) is 7.07. The van der Waals surface area contributed by atoms with E-state index in [2.05, 4.69) is 4.18 Å². The van der Waals surface area contributed by atoms with E-state index in [1.807, 2.05) is 0 Å². The smallest absolute Gasteiger partial charge is 0.716 e. The van der Waals surface area contributed by atoms with E-state index in [0.717, 1.165) is 5.56 Å². The van der Waals surface area contributed by atoms with Gasteiger partial charge in [0, 0.05) is 6.61 Å². The van der Waals surface area contributed by atoms with Crippen molar-refractivity contribution in [1.29, 1.82) is 0 Å². The van der Waals surface area contributed by atoms with Crippen LogP contribution in [0.5, 0.6) is 11.5 Å². The maximum Gasteiger partial charge on any atom is 1.00 e. The summed E-state index contributed by atoms with van der Waals surface area (Å²) in [4.78, 5) is 0. The van der Waals surface area contributed by atoms with Gasteiger partial charge in [-0.1, -0.05) is 6.07 Å². The van der Waals surface area contributed by atoms with Crippen LogP contribution in [-0.4, -0.2) is 31.8 Å². The first-order valence-corrected chi connectivity index (χ1v) is 5.72. The Hall–Kier alpha value is -0.310. The second-order valence-electron chi connectivity index (χ2n) is 2.95. The fourth-order valence-corrected chi connectivity index (χ4v) is 1.53. The minimum atomic E-state index is -4.81. The molecular weight excluding hydrogens is 259 g/mol. The molecule has 0 heterocycles. The third-order valence-electron chi connectivity index (χ3n) is 1.82. The predicted octanol–water partition coefficient (Wildman–Crippen LogP) is -2.93. The molecule has 0 bridgehead atoms. The van der Waals surface area contributed by atoms with Crippen LogP contribution >= 0.6 is 0 Å². The number of benzene rings is 1. The third-order valence-corrected chi connectivity index (χ3v) is 2.20. The van der Waals surface area contributed by atoms with Gasteiger partial charge < -0.3 is 18.6 Å². The molecule has 1 N–H and O–H groups in total. The van der Waals surface area contributed by atoms with Crippen LogP contribution in [0.4, 0.5) is 0 Å². The van der Waals surface area contributed by atoms with E-state index in [0.29, 0.717) is 6.42 Å². The summed E-state index contributed by atoms with van der Waals surface area (Å²) >= 11 is 0. The van der Waals surface area contributed by atoms with Gasteiger partial charge in [0.2, 0.25) is 0 Å². The Labute approximate surface area is 122 Å². The molecule has 17 heavy (non-hydrogen) atoms. The van der Waals surface area contributed by atoms with Crippen molar-refractivity contribution in [3.63, 3.8) is 0 Å². The molecule has 90 valence electrons. The maximum atomic E-state index is 10.4. The average molecular weight is 270 g/mol. The summed E-state index contributed by atoms with van der Waals surface area (Å²) in [6, 6.07) is 4.34. The van der Waals surface area contributed by atoms with E-state index in [-0.39, 0.29) is 47.7 Å². The number of hydrogen-bond donors (Lipinski definition) is 1. The monoisotopic (exact) mass is 270 g/mol. The number of rotatable bonds is 5. The van der Waals surface area contributed by atoms with Gasteiger partial charge in [-0.3, -0.25) is 0 Å². The van der Waals surface area contributed by atoms with Gasteiger partial charge in [-0.25, -0.2) is 8.42 Å². The summed E-state index contributed by atoms with van der Waals surface area (Å²) in [5.74, 6) is -0.0374. The Morgan fingerprint density at radius 3 is 2.47 bits per heavy atom. The zero-order valence-electron chi connectivity index (χ0n) is 9.54. The summed E-state index contributed by atoms with van der Waals surface area (Å²) < 4.78 is 40.3. The van der Waals surface area contributed by atoms with Crippen LogP contribution < -0.4 is 38.5 Å². The normalized spacial score (nSPS) is 10.5. The summed E-state index contributed by atoms with van der Waals surface area (Å²) in [6.45, 7) is -0.0385. The van der Waals surface area contributed by atoms with Crippen molar-refractivity contribution in [2.24, 2.45) is 0 Å². The van der Waals surface area contributed by atoms with Crippen molar-refractivity contribution in [2.45, 2.75) is 6.42 Å². The molecule has 0 aliphatic carbocycles. The fourth-order valence-electron chi connectivity index (χ4n) is 1.18. The molecular formula is C9H11NaO6S. The molecule has 6 nitrogen and oxygen atoms in total. The minimum absolute atomic E-state index is 0. The van der Waals surface area contributed by atoms with E-state index in [9.17, 15) is 13.0 Å². The molecule has 0 spiro atoms. The first-order valence-electron chi connectivity index (χ1n) is 4.39. The van der Waals surface area contributed by atoms with Crippen LogP contribution in [0.25, 0.3) is 0 Å². The number of methoxy groups -OCH3 is 1. The SMILES string of the molecule is COc1cc(CCO)ccc1OS(=O)(=O)[O-].[Na+]. The Bertz CT molecular complexity index is 459. The molecule has 0 aliphatic heterocycles. The molecule has 1 aromatic rings. The quantitative estimate of drug-likeness (QED) is 0.350. The summed E-state index contributed by atoms with van der Waals surface area (Å²) in [5, 5.41) is 8.72. The average Bonchev–Trinajstić information content (AvgIpc) is 2.18. The van der Waals surface area contributed by atoms with Gasteiger partial charge in [-0.15, -0.1) is 0 Å². The Morgan fingerprint density at radius 1 is 1.35 bits per heavy atom. The van der Waals surface area contributed by atoms with Crippen molar-refractivity contribution in [3.05, 3.63) is 23.8 Å². The number of hydrogen-bond acceptors (Lipinski definition) is 6. The van der Waals surface area contributed by atoms with Gasteiger partial charge in [-0.05, 0) is 24.1 Å². The van der Waals surface area contributed by atoms with Crippen LogP contribution in [0, 0.1) is 0 Å². The predicted molar refractivity (Wildman–Crippen MR) is 54.1 cm³/mol.